The molecule has 3 heteroatoms. The quantitative estimate of drug-likeness (QED) is 0.494. The summed E-state index contributed by atoms with van der Waals surface area (Å²) >= 11 is 0. The van der Waals surface area contributed by atoms with E-state index in [-0.39, 0.29) is 11.8 Å². The lowest BCUT2D eigenvalue weighted by Crippen LogP contribution is -2.56. The highest BCUT2D eigenvalue weighted by atomic mass is 16.1. The van der Waals surface area contributed by atoms with Gasteiger partial charge in [-0.05, 0) is 37.5 Å². The second-order valence-electron chi connectivity index (χ2n) is 8.80. The Morgan fingerprint density at radius 2 is 1.39 bits per heavy atom. The van der Waals surface area contributed by atoms with Crippen LogP contribution >= 0.6 is 0 Å². The standard InChI is InChI=1S/C28H32N2O/c1-21-19-30(22(2)18-29(21)20-24-10-6-4-7-11-24)28(26-12-8-5-9-13-26)27-16-14-25(15-17-27)23(3)31/h4-17,21-22,28H,18-20H2,1-3H3/t21-,22+,28?/m1/s1. The van der Waals surface area contributed by atoms with Crippen molar-refractivity contribution in [2.75, 3.05) is 13.1 Å². The number of benzene rings is 3. The molecule has 4 rings (SSSR count). The zero-order valence-electron chi connectivity index (χ0n) is 18.7. The van der Waals surface area contributed by atoms with Crippen molar-refractivity contribution in [2.24, 2.45) is 0 Å². The molecule has 1 fully saturated rings. The van der Waals surface area contributed by atoms with E-state index in [0.717, 1.165) is 25.2 Å². The lowest BCUT2D eigenvalue weighted by Gasteiger charge is -2.47. The van der Waals surface area contributed by atoms with Gasteiger partial charge in [-0.2, -0.15) is 0 Å². The van der Waals surface area contributed by atoms with E-state index in [2.05, 4.69) is 96.4 Å². The molecule has 31 heavy (non-hydrogen) atoms. The lowest BCUT2D eigenvalue weighted by molar-refractivity contribution is 0.0195. The van der Waals surface area contributed by atoms with Crippen LogP contribution in [0.3, 0.4) is 0 Å². The highest BCUT2D eigenvalue weighted by Gasteiger charge is 2.34. The van der Waals surface area contributed by atoms with Gasteiger partial charge in [0.15, 0.2) is 5.78 Å². The van der Waals surface area contributed by atoms with Crippen LogP contribution in [-0.2, 0) is 6.54 Å². The molecule has 1 saturated heterocycles. The van der Waals surface area contributed by atoms with Crippen LogP contribution in [0.5, 0.6) is 0 Å². The van der Waals surface area contributed by atoms with E-state index in [1.165, 1.54) is 16.7 Å². The Balaban J connectivity index is 1.60. The van der Waals surface area contributed by atoms with Gasteiger partial charge in [-0.15, -0.1) is 0 Å². The average molecular weight is 413 g/mol. The van der Waals surface area contributed by atoms with E-state index in [4.69, 9.17) is 0 Å². The van der Waals surface area contributed by atoms with Crippen LogP contribution in [0.2, 0.25) is 0 Å². The second kappa shape index (κ2) is 9.59. The molecule has 1 unspecified atom stereocenters. The van der Waals surface area contributed by atoms with Crippen LogP contribution in [0.15, 0.2) is 84.9 Å². The third-order valence-corrected chi connectivity index (χ3v) is 6.47. The van der Waals surface area contributed by atoms with Crippen LogP contribution in [0.1, 0.15) is 53.9 Å². The van der Waals surface area contributed by atoms with Crippen molar-refractivity contribution >= 4 is 5.78 Å². The summed E-state index contributed by atoms with van der Waals surface area (Å²) in [7, 11) is 0. The molecule has 160 valence electrons. The van der Waals surface area contributed by atoms with Gasteiger partial charge in [-0.1, -0.05) is 84.9 Å². The largest absolute Gasteiger partial charge is 0.295 e. The van der Waals surface area contributed by atoms with Crippen molar-refractivity contribution in [3.05, 3.63) is 107 Å². The number of rotatable bonds is 6. The highest BCUT2D eigenvalue weighted by molar-refractivity contribution is 5.94. The maximum Gasteiger partial charge on any atom is 0.159 e. The highest BCUT2D eigenvalue weighted by Crippen LogP contribution is 2.33. The number of nitrogens with zero attached hydrogens (tertiary/aromatic N) is 2. The average Bonchev–Trinajstić information content (AvgIpc) is 2.79. The first-order chi connectivity index (χ1) is 15.0. The molecule has 0 saturated carbocycles. The predicted octanol–water partition coefficient (Wildman–Crippen LogP) is 5.57. The first-order valence-corrected chi connectivity index (χ1v) is 11.2. The van der Waals surface area contributed by atoms with Gasteiger partial charge < -0.3 is 0 Å². The van der Waals surface area contributed by atoms with Crippen molar-refractivity contribution < 1.29 is 4.79 Å². The molecule has 0 aromatic heterocycles. The van der Waals surface area contributed by atoms with Crippen LogP contribution < -0.4 is 0 Å². The molecule has 0 spiro atoms. The molecule has 3 aromatic rings. The second-order valence-corrected chi connectivity index (χ2v) is 8.80. The molecule has 1 aliphatic heterocycles. The normalized spacial score (nSPS) is 21.0. The van der Waals surface area contributed by atoms with Gasteiger partial charge in [-0.25, -0.2) is 0 Å². The number of carbonyl (C=O) groups excluding carboxylic acids is 1. The number of carbonyl (C=O) groups is 1. The molecule has 0 N–H and O–H groups in total. The molecule has 1 heterocycles. The van der Waals surface area contributed by atoms with Crippen molar-refractivity contribution in [1.82, 2.24) is 9.80 Å². The number of hydrogen-bond donors (Lipinski definition) is 0. The van der Waals surface area contributed by atoms with Gasteiger partial charge in [0.25, 0.3) is 0 Å². The van der Waals surface area contributed by atoms with E-state index in [9.17, 15) is 4.79 Å². The summed E-state index contributed by atoms with van der Waals surface area (Å²) in [5.74, 6) is 0.110. The van der Waals surface area contributed by atoms with Crippen molar-refractivity contribution in [3.63, 3.8) is 0 Å². The first kappa shape index (κ1) is 21.5. The van der Waals surface area contributed by atoms with Gasteiger partial charge in [0.05, 0.1) is 6.04 Å². The van der Waals surface area contributed by atoms with Gasteiger partial charge in [0.2, 0.25) is 0 Å². The lowest BCUT2D eigenvalue weighted by atomic mass is 9.92. The maximum absolute atomic E-state index is 11.8. The smallest absolute Gasteiger partial charge is 0.159 e. The summed E-state index contributed by atoms with van der Waals surface area (Å²) in [5.41, 5.74) is 4.68. The summed E-state index contributed by atoms with van der Waals surface area (Å²) in [4.78, 5) is 17.0. The zero-order chi connectivity index (χ0) is 21.8. The Morgan fingerprint density at radius 1 is 0.806 bits per heavy atom. The fourth-order valence-electron chi connectivity index (χ4n) is 4.73. The molecule has 3 aromatic carbocycles. The predicted molar refractivity (Wildman–Crippen MR) is 127 cm³/mol. The van der Waals surface area contributed by atoms with Gasteiger partial charge in [0.1, 0.15) is 0 Å². The molecule has 0 radical (unpaired) electrons. The van der Waals surface area contributed by atoms with Crippen LogP contribution in [-0.4, -0.2) is 40.8 Å². The van der Waals surface area contributed by atoms with E-state index < -0.39 is 0 Å². The van der Waals surface area contributed by atoms with Crippen molar-refractivity contribution in [3.8, 4) is 0 Å². The molecular formula is C28H32N2O. The van der Waals surface area contributed by atoms with Crippen molar-refractivity contribution in [2.45, 2.75) is 45.4 Å². The monoisotopic (exact) mass is 412 g/mol. The Kier molecular flexibility index (Phi) is 6.64. The molecule has 0 amide bonds. The third kappa shape index (κ3) is 4.95. The topological polar surface area (TPSA) is 23.6 Å². The molecule has 0 aliphatic carbocycles. The van der Waals surface area contributed by atoms with Gasteiger partial charge in [0, 0.05) is 37.3 Å². The zero-order valence-corrected chi connectivity index (χ0v) is 18.7. The summed E-state index contributed by atoms with van der Waals surface area (Å²) < 4.78 is 0. The van der Waals surface area contributed by atoms with Gasteiger partial charge in [-0.3, -0.25) is 14.6 Å². The number of piperazine rings is 1. The SMILES string of the molecule is CC(=O)c1ccc(C(c2ccccc2)N2C[C@@H](C)N(Cc3ccccc3)C[C@@H]2C)cc1. The van der Waals surface area contributed by atoms with Crippen molar-refractivity contribution in [1.29, 1.82) is 0 Å². The Morgan fingerprint density at radius 3 is 2.00 bits per heavy atom. The van der Waals surface area contributed by atoms with E-state index in [1.54, 1.807) is 6.92 Å². The summed E-state index contributed by atoms with van der Waals surface area (Å²) in [6, 6.07) is 30.7. The van der Waals surface area contributed by atoms with E-state index >= 15 is 0 Å². The molecular weight excluding hydrogens is 380 g/mol. The Bertz CT molecular complexity index is 985. The molecule has 3 atom stereocenters. The van der Waals surface area contributed by atoms with Gasteiger partial charge >= 0.3 is 0 Å². The van der Waals surface area contributed by atoms with E-state index in [0.29, 0.717) is 12.1 Å². The fraction of sp³-hybridized carbons (Fsp3) is 0.321. The number of hydrogen-bond acceptors (Lipinski definition) is 3. The maximum atomic E-state index is 11.8. The third-order valence-electron chi connectivity index (χ3n) is 6.47. The Labute approximate surface area is 186 Å². The minimum absolute atomic E-state index is 0.110. The molecule has 3 nitrogen and oxygen atoms in total. The summed E-state index contributed by atoms with van der Waals surface area (Å²) in [5, 5.41) is 0. The molecule has 1 aliphatic rings. The van der Waals surface area contributed by atoms with E-state index in [1.807, 2.05) is 12.1 Å². The minimum Gasteiger partial charge on any atom is -0.295 e. The minimum atomic E-state index is 0.110. The Hall–Kier alpha value is -2.75. The van der Waals surface area contributed by atoms with Crippen LogP contribution in [0.25, 0.3) is 0 Å². The fourth-order valence-corrected chi connectivity index (χ4v) is 4.73. The summed E-state index contributed by atoms with van der Waals surface area (Å²) in [6.45, 7) is 9.32. The number of ketones is 1. The van der Waals surface area contributed by atoms with Crippen LogP contribution in [0, 0.1) is 0 Å². The number of Topliss-reactive ketones (excluding diaryl/α,β-unsaturated/α-hetero) is 1. The summed E-state index contributed by atoms with van der Waals surface area (Å²) in [6.07, 6.45) is 0. The first-order valence-electron chi connectivity index (χ1n) is 11.2. The van der Waals surface area contributed by atoms with Crippen LogP contribution in [0.4, 0.5) is 0 Å². The molecule has 0 bridgehead atoms.